The standard InChI is InChI=1S/C14H21NO3/c1-8-5-9(2)13(10(3)6-8)14(17)11(15)7-12(16)18-4/h5-6,11,14,17H,7,15H2,1-4H3. The minimum absolute atomic E-state index is 0.00439. The first-order chi connectivity index (χ1) is 8.36. The molecule has 2 unspecified atom stereocenters. The number of hydrogen-bond acceptors (Lipinski definition) is 4. The van der Waals surface area contributed by atoms with Crippen LogP contribution in [0.2, 0.25) is 0 Å². The van der Waals surface area contributed by atoms with Crippen molar-refractivity contribution >= 4 is 5.97 Å². The molecule has 100 valence electrons. The summed E-state index contributed by atoms with van der Waals surface area (Å²) < 4.78 is 4.56. The summed E-state index contributed by atoms with van der Waals surface area (Å²) in [6.07, 6.45) is -0.852. The number of carbonyl (C=O) groups is 1. The van der Waals surface area contributed by atoms with Gasteiger partial charge in [0.15, 0.2) is 0 Å². The molecular weight excluding hydrogens is 230 g/mol. The molecule has 2 atom stereocenters. The highest BCUT2D eigenvalue weighted by molar-refractivity contribution is 5.70. The lowest BCUT2D eigenvalue weighted by molar-refractivity contribution is -0.141. The van der Waals surface area contributed by atoms with Crippen LogP contribution >= 0.6 is 0 Å². The highest BCUT2D eigenvalue weighted by atomic mass is 16.5. The van der Waals surface area contributed by atoms with Gasteiger partial charge in [-0.25, -0.2) is 0 Å². The zero-order valence-electron chi connectivity index (χ0n) is 11.4. The number of esters is 1. The summed E-state index contributed by atoms with van der Waals surface area (Å²) in [5, 5.41) is 10.3. The van der Waals surface area contributed by atoms with E-state index in [1.165, 1.54) is 7.11 Å². The van der Waals surface area contributed by atoms with Crippen molar-refractivity contribution in [2.24, 2.45) is 5.73 Å². The highest BCUT2D eigenvalue weighted by Gasteiger charge is 2.23. The van der Waals surface area contributed by atoms with Crippen molar-refractivity contribution < 1.29 is 14.6 Å². The van der Waals surface area contributed by atoms with Gasteiger partial charge in [-0.1, -0.05) is 17.7 Å². The predicted molar refractivity (Wildman–Crippen MR) is 70.2 cm³/mol. The van der Waals surface area contributed by atoms with E-state index in [2.05, 4.69) is 4.74 Å². The van der Waals surface area contributed by atoms with E-state index in [0.717, 1.165) is 22.3 Å². The van der Waals surface area contributed by atoms with Gasteiger partial charge in [-0.2, -0.15) is 0 Å². The van der Waals surface area contributed by atoms with E-state index < -0.39 is 18.1 Å². The van der Waals surface area contributed by atoms with Crippen LogP contribution < -0.4 is 5.73 Å². The van der Waals surface area contributed by atoms with Gasteiger partial charge in [0.1, 0.15) is 0 Å². The maximum atomic E-state index is 11.2. The number of aliphatic hydroxyl groups excluding tert-OH is 1. The number of nitrogens with two attached hydrogens (primary N) is 1. The smallest absolute Gasteiger partial charge is 0.307 e. The van der Waals surface area contributed by atoms with E-state index in [0.29, 0.717) is 0 Å². The molecule has 0 fully saturated rings. The summed E-state index contributed by atoms with van der Waals surface area (Å²) in [6.45, 7) is 5.87. The quantitative estimate of drug-likeness (QED) is 0.796. The highest BCUT2D eigenvalue weighted by Crippen LogP contribution is 2.26. The Balaban J connectivity index is 2.96. The Morgan fingerprint density at radius 3 is 2.28 bits per heavy atom. The lowest BCUT2D eigenvalue weighted by Crippen LogP contribution is -2.32. The normalized spacial score (nSPS) is 14.1. The molecule has 0 aliphatic heterocycles. The van der Waals surface area contributed by atoms with Crippen LogP contribution in [0.15, 0.2) is 12.1 Å². The Morgan fingerprint density at radius 2 is 1.83 bits per heavy atom. The van der Waals surface area contributed by atoms with Gasteiger partial charge in [0.2, 0.25) is 0 Å². The molecule has 0 amide bonds. The van der Waals surface area contributed by atoms with Gasteiger partial charge >= 0.3 is 5.97 Å². The third-order valence-electron chi connectivity index (χ3n) is 3.07. The Kier molecular flexibility index (Phi) is 4.87. The summed E-state index contributed by atoms with van der Waals surface area (Å²) in [5.74, 6) is -0.413. The van der Waals surface area contributed by atoms with E-state index in [1.807, 2.05) is 32.9 Å². The minimum atomic E-state index is -0.857. The van der Waals surface area contributed by atoms with Gasteiger partial charge in [-0.05, 0) is 37.5 Å². The maximum Gasteiger partial charge on any atom is 0.307 e. The van der Waals surface area contributed by atoms with E-state index >= 15 is 0 Å². The predicted octanol–water partition coefficient (Wildman–Crippen LogP) is 1.54. The molecule has 1 aromatic rings. The minimum Gasteiger partial charge on any atom is -0.469 e. The molecule has 0 aliphatic carbocycles. The molecule has 4 heteroatoms. The van der Waals surface area contributed by atoms with Crippen molar-refractivity contribution in [2.45, 2.75) is 39.3 Å². The molecule has 0 spiro atoms. The molecule has 18 heavy (non-hydrogen) atoms. The SMILES string of the molecule is COC(=O)CC(N)C(O)c1c(C)cc(C)cc1C. The first kappa shape index (κ1) is 14.7. The Labute approximate surface area is 108 Å². The maximum absolute atomic E-state index is 11.2. The van der Waals surface area contributed by atoms with Gasteiger partial charge in [-0.3, -0.25) is 4.79 Å². The number of methoxy groups -OCH3 is 1. The number of carbonyl (C=O) groups excluding carboxylic acids is 1. The van der Waals surface area contributed by atoms with Gasteiger partial charge in [0.05, 0.1) is 19.6 Å². The van der Waals surface area contributed by atoms with Crippen LogP contribution in [0.3, 0.4) is 0 Å². The van der Waals surface area contributed by atoms with Gasteiger partial charge in [-0.15, -0.1) is 0 Å². The fourth-order valence-electron chi connectivity index (χ4n) is 2.26. The third kappa shape index (κ3) is 3.31. The zero-order valence-corrected chi connectivity index (χ0v) is 11.4. The second-order valence-corrected chi connectivity index (χ2v) is 4.70. The van der Waals surface area contributed by atoms with Crippen LogP contribution in [0.25, 0.3) is 0 Å². The number of benzene rings is 1. The van der Waals surface area contributed by atoms with Crippen molar-refractivity contribution in [2.75, 3.05) is 7.11 Å². The van der Waals surface area contributed by atoms with Crippen LogP contribution in [0, 0.1) is 20.8 Å². The van der Waals surface area contributed by atoms with Crippen molar-refractivity contribution in [3.63, 3.8) is 0 Å². The summed E-state index contributed by atoms with van der Waals surface area (Å²) >= 11 is 0. The van der Waals surface area contributed by atoms with Gasteiger partial charge in [0.25, 0.3) is 0 Å². The molecule has 0 aromatic heterocycles. The molecule has 0 heterocycles. The topological polar surface area (TPSA) is 72.5 Å². The van der Waals surface area contributed by atoms with Crippen LogP contribution in [-0.4, -0.2) is 24.2 Å². The number of ether oxygens (including phenoxy) is 1. The molecule has 3 N–H and O–H groups in total. The Hall–Kier alpha value is -1.39. The van der Waals surface area contributed by atoms with Crippen LogP contribution in [0.1, 0.15) is 34.8 Å². The number of aryl methyl sites for hydroxylation is 3. The molecule has 1 rings (SSSR count). The van der Waals surface area contributed by atoms with Crippen molar-refractivity contribution in [1.29, 1.82) is 0 Å². The van der Waals surface area contributed by atoms with E-state index in [4.69, 9.17) is 5.73 Å². The monoisotopic (exact) mass is 251 g/mol. The lowest BCUT2D eigenvalue weighted by Gasteiger charge is -2.22. The fraction of sp³-hybridized carbons (Fsp3) is 0.500. The average molecular weight is 251 g/mol. The van der Waals surface area contributed by atoms with Crippen molar-refractivity contribution in [1.82, 2.24) is 0 Å². The Morgan fingerprint density at radius 1 is 1.33 bits per heavy atom. The molecule has 0 saturated carbocycles. The summed E-state index contributed by atoms with van der Waals surface area (Å²) in [6, 6.07) is 3.34. The van der Waals surface area contributed by atoms with Crippen LogP contribution in [0.5, 0.6) is 0 Å². The van der Waals surface area contributed by atoms with Crippen LogP contribution in [-0.2, 0) is 9.53 Å². The molecule has 0 saturated heterocycles. The average Bonchev–Trinajstić information content (AvgIpc) is 2.27. The summed E-state index contributed by atoms with van der Waals surface area (Å²) in [4.78, 5) is 11.2. The second kappa shape index (κ2) is 5.98. The van der Waals surface area contributed by atoms with Crippen LogP contribution in [0.4, 0.5) is 0 Å². The fourth-order valence-corrected chi connectivity index (χ4v) is 2.26. The number of rotatable bonds is 4. The lowest BCUT2D eigenvalue weighted by atomic mass is 9.91. The summed E-state index contributed by atoms with van der Waals surface area (Å²) in [7, 11) is 1.31. The van der Waals surface area contributed by atoms with Crippen molar-refractivity contribution in [3.05, 3.63) is 34.4 Å². The Bertz CT molecular complexity index is 420. The van der Waals surface area contributed by atoms with E-state index in [-0.39, 0.29) is 6.42 Å². The molecule has 0 radical (unpaired) electrons. The first-order valence-electron chi connectivity index (χ1n) is 5.95. The van der Waals surface area contributed by atoms with Crippen molar-refractivity contribution in [3.8, 4) is 0 Å². The molecule has 4 nitrogen and oxygen atoms in total. The zero-order chi connectivity index (χ0) is 13.9. The van der Waals surface area contributed by atoms with Gasteiger partial charge < -0.3 is 15.6 Å². The van der Waals surface area contributed by atoms with E-state index in [1.54, 1.807) is 0 Å². The number of hydrogen-bond donors (Lipinski definition) is 2. The molecule has 1 aromatic carbocycles. The van der Waals surface area contributed by atoms with Gasteiger partial charge in [0, 0.05) is 6.04 Å². The first-order valence-corrected chi connectivity index (χ1v) is 5.95. The third-order valence-corrected chi connectivity index (χ3v) is 3.07. The molecular formula is C14H21NO3. The van der Waals surface area contributed by atoms with E-state index in [9.17, 15) is 9.90 Å². The summed E-state index contributed by atoms with van der Waals surface area (Å²) in [5.41, 5.74) is 9.77. The molecule has 0 bridgehead atoms. The second-order valence-electron chi connectivity index (χ2n) is 4.70. The largest absolute Gasteiger partial charge is 0.469 e. The number of aliphatic hydroxyl groups is 1. The molecule has 0 aliphatic rings.